The van der Waals surface area contributed by atoms with Gasteiger partial charge in [-0.05, 0) is 70.7 Å². The number of nitrogens with zero attached hydrogens (tertiary/aromatic N) is 1. The fourth-order valence-corrected chi connectivity index (χ4v) is 5.10. The first kappa shape index (κ1) is 35.6. The van der Waals surface area contributed by atoms with Gasteiger partial charge in [0.15, 0.2) is 0 Å². The lowest BCUT2D eigenvalue weighted by Gasteiger charge is -2.35. The van der Waals surface area contributed by atoms with Crippen molar-refractivity contribution < 1.29 is 24.2 Å². The minimum Gasteiger partial charge on any atom is -0.508 e. The van der Waals surface area contributed by atoms with Gasteiger partial charge in [-0.25, -0.2) is 4.79 Å². The Kier molecular flexibility index (Phi) is 14.5. The first-order valence-corrected chi connectivity index (χ1v) is 15.8. The fraction of sp³-hybridized carbons (Fsp3) is 0.571. The number of unbranched alkanes of at least 4 members (excludes halogenated alkanes) is 5. The highest BCUT2D eigenvalue weighted by atomic mass is 16.6. The Morgan fingerprint density at radius 3 is 2.07 bits per heavy atom. The van der Waals surface area contributed by atoms with Crippen LogP contribution in [0.4, 0.5) is 4.79 Å². The highest BCUT2D eigenvalue weighted by Crippen LogP contribution is 2.27. The summed E-state index contributed by atoms with van der Waals surface area (Å²) in [5.74, 6) is -0.482. The van der Waals surface area contributed by atoms with E-state index in [0.717, 1.165) is 67.2 Å². The molecule has 0 saturated heterocycles. The molecule has 0 aromatic heterocycles. The van der Waals surface area contributed by atoms with Crippen LogP contribution in [0.3, 0.4) is 0 Å². The molecule has 0 radical (unpaired) electrons. The molecule has 8 heteroatoms. The summed E-state index contributed by atoms with van der Waals surface area (Å²) < 4.78 is 5.53. The second kappa shape index (κ2) is 17.5. The van der Waals surface area contributed by atoms with Gasteiger partial charge in [0.1, 0.15) is 23.4 Å². The molecule has 0 fully saturated rings. The van der Waals surface area contributed by atoms with Crippen LogP contribution < -0.4 is 10.6 Å². The van der Waals surface area contributed by atoms with Gasteiger partial charge in [0, 0.05) is 19.5 Å². The van der Waals surface area contributed by atoms with Gasteiger partial charge in [0.25, 0.3) is 0 Å². The van der Waals surface area contributed by atoms with Gasteiger partial charge in [-0.15, -0.1) is 0 Å². The van der Waals surface area contributed by atoms with Gasteiger partial charge in [-0.2, -0.15) is 0 Å². The fourth-order valence-electron chi connectivity index (χ4n) is 5.10. The number of alkyl carbamates (subject to hydrolysis) is 1. The molecule has 43 heavy (non-hydrogen) atoms. The van der Waals surface area contributed by atoms with E-state index >= 15 is 0 Å². The van der Waals surface area contributed by atoms with Gasteiger partial charge in [0.05, 0.1) is 0 Å². The van der Waals surface area contributed by atoms with Crippen molar-refractivity contribution in [1.82, 2.24) is 15.5 Å². The molecule has 2 aromatic rings. The molecule has 8 nitrogen and oxygen atoms in total. The molecule has 0 aliphatic heterocycles. The van der Waals surface area contributed by atoms with Crippen molar-refractivity contribution in [1.29, 1.82) is 0 Å². The van der Waals surface area contributed by atoms with Crippen LogP contribution >= 0.6 is 0 Å². The zero-order valence-corrected chi connectivity index (χ0v) is 27.3. The lowest BCUT2D eigenvalue weighted by Crippen LogP contribution is -2.54. The van der Waals surface area contributed by atoms with Crippen LogP contribution in [0.2, 0.25) is 0 Å². The summed E-state index contributed by atoms with van der Waals surface area (Å²) in [7, 11) is 0. The summed E-state index contributed by atoms with van der Waals surface area (Å²) in [6.45, 7) is 14.4. The Balaban J connectivity index is 2.57. The molecule has 3 N–H and O–H groups in total. The summed E-state index contributed by atoms with van der Waals surface area (Å²) >= 11 is 0. The van der Waals surface area contributed by atoms with Crippen molar-refractivity contribution in [3.8, 4) is 5.75 Å². The van der Waals surface area contributed by atoms with Crippen molar-refractivity contribution in [3.05, 3.63) is 64.7 Å². The summed E-state index contributed by atoms with van der Waals surface area (Å²) in [5.41, 5.74) is 2.75. The second-order valence-electron chi connectivity index (χ2n) is 12.5. The highest BCUT2D eigenvalue weighted by molar-refractivity contribution is 5.92. The SMILES string of the molecule is CCCCCCCN(C(=O)C(Cc1ccc(O)cc1)NC(=O)OC(C)(C)C)C(C(=O)NCCCC)c1cc(C)cc(C)c1. The van der Waals surface area contributed by atoms with Crippen molar-refractivity contribution in [2.24, 2.45) is 0 Å². The van der Waals surface area contributed by atoms with E-state index in [1.807, 2.05) is 32.0 Å². The lowest BCUT2D eigenvalue weighted by atomic mass is 9.97. The van der Waals surface area contributed by atoms with Crippen molar-refractivity contribution >= 4 is 17.9 Å². The number of benzene rings is 2. The van der Waals surface area contributed by atoms with Gasteiger partial charge in [0.2, 0.25) is 11.8 Å². The summed E-state index contributed by atoms with van der Waals surface area (Å²) in [5, 5.41) is 15.7. The van der Waals surface area contributed by atoms with Crippen LogP contribution in [-0.2, 0) is 20.7 Å². The van der Waals surface area contributed by atoms with Crippen LogP contribution in [0.15, 0.2) is 42.5 Å². The zero-order chi connectivity index (χ0) is 32.0. The molecule has 2 rings (SSSR count). The smallest absolute Gasteiger partial charge is 0.408 e. The van der Waals surface area contributed by atoms with E-state index in [0.29, 0.717) is 13.1 Å². The molecule has 0 aliphatic carbocycles. The largest absolute Gasteiger partial charge is 0.508 e. The van der Waals surface area contributed by atoms with Crippen molar-refractivity contribution in [2.75, 3.05) is 13.1 Å². The Morgan fingerprint density at radius 1 is 0.884 bits per heavy atom. The average molecular weight is 596 g/mol. The van der Waals surface area contributed by atoms with E-state index in [9.17, 15) is 19.5 Å². The second-order valence-corrected chi connectivity index (χ2v) is 12.5. The molecule has 2 unspecified atom stereocenters. The van der Waals surface area contributed by atoms with E-state index in [1.54, 1.807) is 49.9 Å². The van der Waals surface area contributed by atoms with Crippen LogP contribution in [0.1, 0.15) is 108 Å². The monoisotopic (exact) mass is 595 g/mol. The number of phenols is 1. The van der Waals surface area contributed by atoms with Gasteiger partial charge >= 0.3 is 6.09 Å². The quantitative estimate of drug-likeness (QED) is 0.183. The predicted octanol–water partition coefficient (Wildman–Crippen LogP) is 6.90. The van der Waals surface area contributed by atoms with E-state index in [1.165, 1.54) is 0 Å². The molecule has 2 aromatic carbocycles. The topological polar surface area (TPSA) is 108 Å². The molecule has 2 atom stereocenters. The first-order valence-electron chi connectivity index (χ1n) is 15.8. The Bertz CT molecular complexity index is 1150. The molecular weight excluding hydrogens is 542 g/mol. The molecular formula is C35H53N3O5. The molecule has 0 aliphatic rings. The maximum absolute atomic E-state index is 14.6. The number of carbonyl (C=O) groups is 3. The normalized spacial score (nSPS) is 12.7. The zero-order valence-electron chi connectivity index (χ0n) is 27.3. The Labute approximate surface area is 258 Å². The molecule has 0 bridgehead atoms. The lowest BCUT2D eigenvalue weighted by molar-refractivity contribution is -0.142. The maximum atomic E-state index is 14.6. The summed E-state index contributed by atoms with van der Waals surface area (Å²) in [4.78, 5) is 43.1. The third-order valence-electron chi connectivity index (χ3n) is 7.10. The van der Waals surface area contributed by atoms with E-state index in [2.05, 4.69) is 24.5 Å². The first-order chi connectivity index (χ1) is 20.3. The number of carbonyl (C=O) groups excluding carboxylic acids is 3. The number of ether oxygens (including phenoxy) is 1. The molecule has 0 spiro atoms. The Morgan fingerprint density at radius 2 is 1.49 bits per heavy atom. The third kappa shape index (κ3) is 12.7. The highest BCUT2D eigenvalue weighted by Gasteiger charge is 2.36. The molecule has 0 saturated carbocycles. The number of hydrogen-bond acceptors (Lipinski definition) is 5. The predicted molar refractivity (Wildman–Crippen MR) is 172 cm³/mol. The van der Waals surface area contributed by atoms with Gasteiger partial charge in [-0.3, -0.25) is 9.59 Å². The van der Waals surface area contributed by atoms with Crippen LogP contribution in [0, 0.1) is 13.8 Å². The number of aromatic hydroxyl groups is 1. The number of phenolic OH excluding ortho intramolecular Hbond substituents is 1. The maximum Gasteiger partial charge on any atom is 0.408 e. The summed E-state index contributed by atoms with van der Waals surface area (Å²) in [6.07, 6.45) is 6.14. The molecule has 3 amide bonds. The van der Waals surface area contributed by atoms with Crippen LogP contribution in [0.25, 0.3) is 0 Å². The van der Waals surface area contributed by atoms with Crippen LogP contribution in [0.5, 0.6) is 5.75 Å². The number of hydrogen-bond donors (Lipinski definition) is 3. The average Bonchev–Trinajstić information content (AvgIpc) is 2.91. The van der Waals surface area contributed by atoms with Crippen molar-refractivity contribution in [3.63, 3.8) is 0 Å². The minimum atomic E-state index is -0.994. The minimum absolute atomic E-state index is 0.110. The molecule has 0 heterocycles. The number of amides is 3. The van der Waals surface area contributed by atoms with E-state index in [-0.39, 0.29) is 24.0 Å². The van der Waals surface area contributed by atoms with Gasteiger partial charge < -0.3 is 25.4 Å². The van der Waals surface area contributed by atoms with Crippen LogP contribution in [-0.4, -0.2) is 52.6 Å². The molecule has 238 valence electrons. The van der Waals surface area contributed by atoms with E-state index < -0.39 is 23.8 Å². The number of aryl methyl sites for hydroxylation is 2. The number of nitrogens with one attached hydrogen (secondary N) is 2. The standard InChI is InChI=1S/C35H53N3O5/c1-8-10-12-13-14-20-38(31(32(40)36-19-11-9-2)28-22-25(3)21-26(4)23-28)33(41)30(37-34(42)43-35(5,6)7)24-27-15-17-29(39)18-16-27/h15-18,21-23,30-31,39H,8-14,19-20,24H2,1-7H3,(H,36,40)(H,37,42). The summed E-state index contributed by atoms with van der Waals surface area (Å²) in [6, 6.07) is 10.7. The van der Waals surface area contributed by atoms with Gasteiger partial charge in [-0.1, -0.05) is 87.4 Å². The Hall–Kier alpha value is -3.55. The number of rotatable bonds is 16. The third-order valence-corrected chi connectivity index (χ3v) is 7.10. The van der Waals surface area contributed by atoms with Crippen molar-refractivity contribution in [2.45, 2.75) is 118 Å². The van der Waals surface area contributed by atoms with E-state index in [4.69, 9.17) is 4.74 Å².